The van der Waals surface area contributed by atoms with Gasteiger partial charge in [-0.25, -0.2) is 9.98 Å². The quantitative estimate of drug-likeness (QED) is 0.193. The van der Waals surface area contributed by atoms with Gasteiger partial charge in [-0.15, -0.1) is 0 Å². The maximum absolute atomic E-state index is 5.24. The molecule has 8 aromatic carbocycles. The molecule has 0 aromatic heterocycles. The average Bonchev–Trinajstić information content (AvgIpc) is 3.21. The van der Waals surface area contributed by atoms with Gasteiger partial charge >= 0.3 is 0 Å². The highest BCUT2D eigenvalue weighted by Gasteiger charge is 2.24. The van der Waals surface area contributed by atoms with E-state index in [1.807, 2.05) is 18.2 Å². The minimum Gasteiger partial charge on any atom is -0.344 e. The molecule has 0 saturated carbocycles. The molecule has 0 amide bonds. The molecule has 50 heavy (non-hydrogen) atoms. The number of aliphatic imine (C=N–C) groups is 2. The van der Waals surface area contributed by atoms with Crippen LogP contribution in [0.15, 0.2) is 198 Å². The second kappa shape index (κ2) is 12.8. The molecule has 0 spiro atoms. The second-order valence-corrected chi connectivity index (χ2v) is 12.6. The Morgan fingerprint density at radius 1 is 0.380 bits per heavy atom. The van der Waals surface area contributed by atoms with Crippen molar-refractivity contribution in [3.8, 4) is 33.4 Å². The van der Waals surface area contributed by atoms with E-state index in [0.717, 1.165) is 33.7 Å². The number of rotatable bonds is 6. The van der Waals surface area contributed by atoms with E-state index < -0.39 is 0 Å². The monoisotopic (exact) mass is 639 g/mol. The molecule has 0 radical (unpaired) electrons. The molecule has 236 valence electrons. The highest BCUT2D eigenvalue weighted by atomic mass is 15.2. The van der Waals surface area contributed by atoms with Gasteiger partial charge in [-0.3, -0.25) is 0 Å². The van der Waals surface area contributed by atoms with Crippen LogP contribution in [0.4, 0.5) is 0 Å². The lowest BCUT2D eigenvalue weighted by Crippen LogP contribution is -2.33. The van der Waals surface area contributed by atoms with E-state index in [2.05, 4.69) is 175 Å². The third kappa shape index (κ3) is 5.45. The lowest BCUT2D eigenvalue weighted by atomic mass is 9.91. The first kappa shape index (κ1) is 29.6. The minimum atomic E-state index is -0.345. The smallest absolute Gasteiger partial charge is 0.159 e. The first-order valence-corrected chi connectivity index (χ1v) is 17.0. The summed E-state index contributed by atoms with van der Waals surface area (Å²) in [5.74, 6) is 1.50. The predicted molar refractivity (Wildman–Crippen MR) is 210 cm³/mol. The SMILES string of the molecule is c1ccc(C2=NC(c3ccccc3-c3cccc4ccccc34)NC(c3cccc(-c4ccc(-c5ccccc5)c5ccccc45)c3)=N2)cc1. The Morgan fingerprint density at radius 2 is 0.920 bits per heavy atom. The fraction of sp³-hybridized carbons (Fsp3) is 0.0213. The average molecular weight is 640 g/mol. The molecule has 1 aliphatic heterocycles. The van der Waals surface area contributed by atoms with Crippen molar-refractivity contribution in [2.45, 2.75) is 6.17 Å². The van der Waals surface area contributed by atoms with Crippen molar-refractivity contribution < 1.29 is 0 Å². The van der Waals surface area contributed by atoms with E-state index in [-0.39, 0.29) is 6.17 Å². The van der Waals surface area contributed by atoms with Crippen molar-refractivity contribution in [3.05, 3.63) is 205 Å². The summed E-state index contributed by atoms with van der Waals surface area (Å²) in [4.78, 5) is 10.4. The van der Waals surface area contributed by atoms with E-state index in [1.54, 1.807) is 0 Å². The lowest BCUT2D eigenvalue weighted by Gasteiger charge is -2.26. The summed E-state index contributed by atoms with van der Waals surface area (Å²) < 4.78 is 0. The van der Waals surface area contributed by atoms with E-state index in [1.165, 1.54) is 43.8 Å². The lowest BCUT2D eigenvalue weighted by molar-refractivity contribution is 0.676. The van der Waals surface area contributed by atoms with Gasteiger partial charge in [0.15, 0.2) is 5.84 Å². The molecule has 3 nitrogen and oxygen atoms in total. The van der Waals surface area contributed by atoms with E-state index in [0.29, 0.717) is 5.84 Å². The van der Waals surface area contributed by atoms with Crippen molar-refractivity contribution >= 4 is 33.2 Å². The first-order chi connectivity index (χ1) is 24.8. The summed E-state index contributed by atoms with van der Waals surface area (Å²) in [6.45, 7) is 0. The molecule has 1 heterocycles. The van der Waals surface area contributed by atoms with Crippen LogP contribution in [0.3, 0.4) is 0 Å². The van der Waals surface area contributed by atoms with Crippen LogP contribution in [-0.2, 0) is 0 Å². The normalized spacial score (nSPS) is 14.2. The zero-order valence-electron chi connectivity index (χ0n) is 27.4. The fourth-order valence-electron chi connectivity index (χ4n) is 7.17. The molecule has 0 aliphatic carbocycles. The molecule has 1 N–H and O–H groups in total. The Kier molecular flexibility index (Phi) is 7.56. The van der Waals surface area contributed by atoms with E-state index in [9.17, 15) is 0 Å². The van der Waals surface area contributed by atoms with Gasteiger partial charge in [0, 0.05) is 16.7 Å². The van der Waals surface area contributed by atoms with Gasteiger partial charge in [0.2, 0.25) is 0 Å². The van der Waals surface area contributed by atoms with Crippen LogP contribution in [0.5, 0.6) is 0 Å². The Labute approximate surface area is 292 Å². The highest BCUT2D eigenvalue weighted by Crippen LogP contribution is 2.37. The molecule has 0 saturated heterocycles. The zero-order valence-corrected chi connectivity index (χ0v) is 27.4. The van der Waals surface area contributed by atoms with Crippen LogP contribution >= 0.6 is 0 Å². The summed E-state index contributed by atoms with van der Waals surface area (Å²) >= 11 is 0. The molecule has 3 heteroatoms. The van der Waals surface area contributed by atoms with Gasteiger partial charge in [0.05, 0.1) is 0 Å². The summed E-state index contributed by atoms with van der Waals surface area (Å²) in [6, 6.07) is 66.4. The van der Waals surface area contributed by atoms with Gasteiger partial charge in [0.25, 0.3) is 0 Å². The number of nitrogens with one attached hydrogen (secondary N) is 1. The van der Waals surface area contributed by atoms with Crippen LogP contribution in [0, 0.1) is 0 Å². The number of hydrogen-bond acceptors (Lipinski definition) is 3. The van der Waals surface area contributed by atoms with E-state index in [4.69, 9.17) is 9.98 Å². The van der Waals surface area contributed by atoms with Crippen molar-refractivity contribution in [2.75, 3.05) is 0 Å². The minimum absolute atomic E-state index is 0.345. The van der Waals surface area contributed by atoms with Crippen LogP contribution in [0.1, 0.15) is 22.9 Å². The van der Waals surface area contributed by atoms with Crippen molar-refractivity contribution in [2.24, 2.45) is 9.98 Å². The number of hydrogen-bond donors (Lipinski definition) is 1. The topological polar surface area (TPSA) is 36.8 Å². The van der Waals surface area contributed by atoms with Crippen molar-refractivity contribution in [3.63, 3.8) is 0 Å². The van der Waals surface area contributed by atoms with Gasteiger partial charge in [-0.05, 0) is 61.0 Å². The second-order valence-electron chi connectivity index (χ2n) is 12.6. The first-order valence-electron chi connectivity index (χ1n) is 17.0. The molecule has 0 bridgehead atoms. The Bertz CT molecular complexity index is 2560. The fourth-order valence-corrected chi connectivity index (χ4v) is 7.17. The summed E-state index contributed by atoms with van der Waals surface area (Å²) in [5.41, 5.74) is 10.2. The molecule has 9 rings (SSSR count). The maximum Gasteiger partial charge on any atom is 0.159 e. The predicted octanol–water partition coefficient (Wildman–Crippen LogP) is 11.5. The third-order valence-electron chi connectivity index (χ3n) is 9.57. The Morgan fingerprint density at radius 3 is 1.70 bits per heavy atom. The molecular formula is C47H33N3. The molecule has 1 aliphatic rings. The molecule has 0 fully saturated rings. The van der Waals surface area contributed by atoms with Crippen molar-refractivity contribution in [1.82, 2.24) is 5.32 Å². The molecule has 1 unspecified atom stereocenters. The standard InChI is InChI=1S/C47H33N3/c1-3-15-32(16-4-1)38-29-30-39(41-25-10-9-24-40(38)41)35-21-13-22-36(31-35)46-48-45(34-18-5-2-6-19-34)49-47(50-46)44-27-12-11-26-43(44)42-28-14-20-33-17-7-8-23-37(33)42/h1-31,47H,(H,48,49,50). The number of fused-ring (bicyclic) bond motifs is 2. The van der Waals surface area contributed by atoms with Crippen LogP contribution < -0.4 is 5.32 Å². The number of benzene rings is 8. The highest BCUT2D eigenvalue weighted by molar-refractivity contribution is 6.14. The van der Waals surface area contributed by atoms with Crippen LogP contribution in [0.25, 0.3) is 54.9 Å². The van der Waals surface area contributed by atoms with Gasteiger partial charge in [0.1, 0.15) is 12.0 Å². The number of amidine groups is 2. The van der Waals surface area contributed by atoms with Crippen molar-refractivity contribution in [1.29, 1.82) is 0 Å². The van der Waals surface area contributed by atoms with Crippen LogP contribution in [-0.4, -0.2) is 11.7 Å². The third-order valence-corrected chi connectivity index (χ3v) is 9.57. The largest absolute Gasteiger partial charge is 0.344 e. The van der Waals surface area contributed by atoms with Gasteiger partial charge in [-0.2, -0.15) is 0 Å². The Balaban J connectivity index is 1.15. The summed E-state index contributed by atoms with van der Waals surface area (Å²) in [6.07, 6.45) is -0.345. The molecule has 8 aromatic rings. The van der Waals surface area contributed by atoms with Crippen LogP contribution in [0.2, 0.25) is 0 Å². The molecular weight excluding hydrogens is 607 g/mol. The summed E-state index contributed by atoms with van der Waals surface area (Å²) in [7, 11) is 0. The zero-order chi connectivity index (χ0) is 33.3. The summed E-state index contributed by atoms with van der Waals surface area (Å²) in [5, 5.41) is 8.64. The van der Waals surface area contributed by atoms with Gasteiger partial charge < -0.3 is 5.32 Å². The molecule has 1 atom stereocenters. The number of nitrogens with zero attached hydrogens (tertiary/aromatic N) is 2. The van der Waals surface area contributed by atoms with Gasteiger partial charge in [-0.1, -0.05) is 182 Å². The van der Waals surface area contributed by atoms with E-state index >= 15 is 0 Å². The Hall–Kier alpha value is -6.58. The maximum atomic E-state index is 5.24.